The number of hydrogen-bond donors (Lipinski definition) is 1. The Morgan fingerprint density at radius 2 is 1.53 bits per heavy atom. The van der Waals surface area contributed by atoms with Crippen LogP contribution in [0.25, 0.3) is 0 Å². The number of ether oxygens (including phenoxy) is 1. The van der Waals surface area contributed by atoms with Gasteiger partial charge in [-0.05, 0) is 19.8 Å². The molecule has 0 saturated heterocycles. The molecule has 0 fully saturated rings. The van der Waals surface area contributed by atoms with Crippen molar-refractivity contribution >= 4 is 5.97 Å². The van der Waals surface area contributed by atoms with E-state index in [2.05, 4.69) is 13.5 Å². The first kappa shape index (κ1) is 18.2. The third-order valence-electron chi connectivity index (χ3n) is 3.20. The third-order valence-corrected chi connectivity index (χ3v) is 3.20. The molecular weight excluding hydrogens is 238 g/mol. The summed E-state index contributed by atoms with van der Waals surface area (Å²) >= 11 is 0. The molecule has 19 heavy (non-hydrogen) atoms. The number of carbonyl (C=O) groups is 1. The summed E-state index contributed by atoms with van der Waals surface area (Å²) in [7, 11) is 0. The van der Waals surface area contributed by atoms with E-state index in [0.717, 1.165) is 12.8 Å². The molecule has 0 aromatic carbocycles. The van der Waals surface area contributed by atoms with Crippen molar-refractivity contribution in [3.63, 3.8) is 0 Å². The van der Waals surface area contributed by atoms with Crippen LogP contribution in [0, 0.1) is 0 Å². The SMILES string of the molecule is C=C(C)C(=O)OC(N)CCCCCCCCCCC. The van der Waals surface area contributed by atoms with E-state index in [4.69, 9.17) is 10.5 Å². The average Bonchev–Trinajstić information content (AvgIpc) is 2.36. The van der Waals surface area contributed by atoms with Gasteiger partial charge in [-0.1, -0.05) is 64.9 Å². The molecule has 1 unspecified atom stereocenters. The molecule has 1 atom stereocenters. The van der Waals surface area contributed by atoms with Crippen molar-refractivity contribution in [1.29, 1.82) is 0 Å². The largest absolute Gasteiger partial charge is 0.443 e. The van der Waals surface area contributed by atoms with Crippen LogP contribution < -0.4 is 5.73 Å². The van der Waals surface area contributed by atoms with E-state index in [-0.39, 0.29) is 5.97 Å². The molecule has 0 aromatic rings. The molecule has 0 bridgehead atoms. The van der Waals surface area contributed by atoms with Gasteiger partial charge in [0.25, 0.3) is 0 Å². The Hall–Kier alpha value is -0.830. The smallest absolute Gasteiger partial charge is 0.334 e. The number of esters is 1. The maximum Gasteiger partial charge on any atom is 0.334 e. The summed E-state index contributed by atoms with van der Waals surface area (Å²) in [4.78, 5) is 11.2. The van der Waals surface area contributed by atoms with E-state index < -0.39 is 6.23 Å². The molecule has 0 saturated carbocycles. The monoisotopic (exact) mass is 269 g/mol. The molecule has 0 spiro atoms. The van der Waals surface area contributed by atoms with Crippen LogP contribution in [0.1, 0.15) is 78.1 Å². The second kappa shape index (κ2) is 12.2. The van der Waals surface area contributed by atoms with Gasteiger partial charge in [-0.15, -0.1) is 0 Å². The molecule has 0 aromatic heterocycles. The van der Waals surface area contributed by atoms with Gasteiger partial charge in [0.1, 0.15) is 0 Å². The highest BCUT2D eigenvalue weighted by Crippen LogP contribution is 2.11. The van der Waals surface area contributed by atoms with Crippen LogP contribution >= 0.6 is 0 Å². The van der Waals surface area contributed by atoms with Crippen molar-refractivity contribution < 1.29 is 9.53 Å². The van der Waals surface area contributed by atoms with Crippen LogP contribution in [0.2, 0.25) is 0 Å². The Morgan fingerprint density at radius 3 is 2.00 bits per heavy atom. The van der Waals surface area contributed by atoms with E-state index in [1.54, 1.807) is 6.92 Å². The maximum atomic E-state index is 11.2. The normalized spacial score (nSPS) is 12.2. The van der Waals surface area contributed by atoms with Crippen molar-refractivity contribution in [2.75, 3.05) is 0 Å². The van der Waals surface area contributed by atoms with Crippen LogP contribution in [0.3, 0.4) is 0 Å². The minimum Gasteiger partial charge on any atom is -0.443 e. The molecule has 3 heteroatoms. The van der Waals surface area contributed by atoms with Crippen molar-refractivity contribution in [3.05, 3.63) is 12.2 Å². The molecule has 0 radical (unpaired) electrons. The summed E-state index contributed by atoms with van der Waals surface area (Å²) in [6.07, 6.45) is 11.8. The van der Waals surface area contributed by atoms with E-state index >= 15 is 0 Å². The molecule has 0 rings (SSSR count). The zero-order valence-corrected chi connectivity index (χ0v) is 12.7. The average molecular weight is 269 g/mol. The minimum atomic E-state index is -0.478. The lowest BCUT2D eigenvalue weighted by Crippen LogP contribution is -2.27. The predicted molar refractivity (Wildman–Crippen MR) is 80.7 cm³/mol. The summed E-state index contributed by atoms with van der Waals surface area (Å²) in [6, 6.07) is 0. The molecule has 0 amide bonds. The van der Waals surface area contributed by atoms with Crippen LogP contribution in [0.15, 0.2) is 12.2 Å². The molecule has 112 valence electrons. The fourth-order valence-corrected chi connectivity index (χ4v) is 1.95. The lowest BCUT2D eigenvalue weighted by Gasteiger charge is -2.12. The second-order valence-electron chi connectivity index (χ2n) is 5.34. The molecule has 0 heterocycles. The second-order valence-corrected chi connectivity index (χ2v) is 5.34. The van der Waals surface area contributed by atoms with Gasteiger partial charge >= 0.3 is 5.97 Å². The zero-order chi connectivity index (χ0) is 14.5. The van der Waals surface area contributed by atoms with Gasteiger partial charge < -0.3 is 4.74 Å². The van der Waals surface area contributed by atoms with Gasteiger partial charge in [0.2, 0.25) is 0 Å². The van der Waals surface area contributed by atoms with Gasteiger partial charge in [-0.25, -0.2) is 4.79 Å². The molecule has 0 aliphatic rings. The van der Waals surface area contributed by atoms with Crippen LogP contribution in [-0.4, -0.2) is 12.2 Å². The number of unbranched alkanes of at least 4 members (excludes halogenated alkanes) is 8. The molecule has 0 aliphatic heterocycles. The Balaban J connectivity index is 3.29. The van der Waals surface area contributed by atoms with Gasteiger partial charge in [-0.2, -0.15) is 0 Å². The van der Waals surface area contributed by atoms with Gasteiger partial charge in [0.05, 0.1) is 0 Å². The Morgan fingerprint density at radius 1 is 1.05 bits per heavy atom. The van der Waals surface area contributed by atoms with E-state index in [0.29, 0.717) is 5.57 Å². The van der Waals surface area contributed by atoms with Crippen molar-refractivity contribution in [3.8, 4) is 0 Å². The molecular formula is C16H31NO2. The fraction of sp³-hybridized carbons (Fsp3) is 0.812. The highest BCUT2D eigenvalue weighted by atomic mass is 16.6. The number of hydrogen-bond acceptors (Lipinski definition) is 3. The lowest BCUT2D eigenvalue weighted by atomic mass is 10.1. The van der Waals surface area contributed by atoms with Crippen molar-refractivity contribution in [2.45, 2.75) is 84.3 Å². The summed E-state index contributed by atoms with van der Waals surface area (Å²) < 4.78 is 5.02. The Labute approximate surface area is 118 Å². The van der Waals surface area contributed by atoms with Crippen LogP contribution in [-0.2, 0) is 9.53 Å². The maximum absolute atomic E-state index is 11.2. The standard InChI is InChI=1S/C16H31NO2/c1-4-5-6-7-8-9-10-11-12-13-15(17)19-16(18)14(2)3/h15H,2,4-13,17H2,1,3H3. The first-order chi connectivity index (χ1) is 9.07. The van der Waals surface area contributed by atoms with Crippen molar-refractivity contribution in [2.24, 2.45) is 5.73 Å². The molecule has 3 nitrogen and oxygen atoms in total. The molecule has 2 N–H and O–H groups in total. The predicted octanol–water partition coefficient (Wildman–Crippen LogP) is 4.31. The topological polar surface area (TPSA) is 52.3 Å². The summed E-state index contributed by atoms with van der Waals surface area (Å²) in [5.74, 6) is -0.386. The fourth-order valence-electron chi connectivity index (χ4n) is 1.95. The first-order valence-corrected chi connectivity index (χ1v) is 7.70. The van der Waals surface area contributed by atoms with Crippen molar-refractivity contribution in [1.82, 2.24) is 0 Å². The van der Waals surface area contributed by atoms with E-state index in [1.165, 1.54) is 51.4 Å². The zero-order valence-electron chi connectivity index (χ0n) is 12.7. The summed E-state index contributed by atoms with van der Waals surface area (Å²) in [5.41, 5.74) is 6.13. The summed E-state index contributed by atoms with van der Waals surface area (Å²) in [5, 5.41) is 0. The number of carbonyl (C=O) groups excluding carboxylic acids is 1. The number of rotatable bonds is 12. The van der Waals surface area contributed by atoms with Gasteiger partial charge in [-0.3, -0.25) is 5.73 Å². The first-order valence-electron chi connectivity index (χ1n) is 7.70. The Bertz CT molecular complexity index is 251. The highest BCUT2D eigenvalue weighted by molar-refractivity contribution is 5.87. The van der Waals surface area contributed by atoms with Crippen LogP contribution in [0.5, 0.6) is 0 Å². The third kappa shape index (κ3) is 12.0. The van der Waals surface area contributed by atoms with E-state index in [1.807, 2.05) is 0 Å². The van der Waals surface area contributed by atoms with Crippen LogP contribution in [0.4, 0.5) is 0 Å². The van der Waals surface area contributed by atoms with Gasteiger partial charge in [0, 0.05) is 5.57 Å². The lowest BCUT2D eigenvalue weighted by molar-refractivity contribution is -0.144. The van der Waals surface area contributed by atoms with Gasteiger partial charge in [0.15, 0.2) is 6.23 Å². The quantitative estimate of drug-likeness (QED) is 0.248. The Kier molecular flexibility index (Phi) is 11.7. The minimum absolute atomic E-state index is 0.386. The van der Waals surface area contributed by atoms with E-state index in [9.17, 15) is 4.79 Å². The summed E-state index contributed by atoms with van der Waals surface area (Å²) in [6.45, 7) is 7.40. The number of nitrogens with two attached hydrogens (primary N) is 1. The highest BCUT2D eigenvalue weighted by Gasteiger charge is 2.09. The molecule has 0 aliphatic carbocycles.